The summed E-state index contributed by atoms with van der Waals surface area (Å²) >= 11 is 0. The summed E-state index contributed by atoms with van der Waals surface area (Å²) in [6.07, 6.45) is 6.39. The fourth-order valence-electron chi connectivity index (χ4n) is 3.74. The number of aromatic nitrogens is 3. The number of hydrogen-bond acceptors (Lipinski definition) is 5. The van der Waals surface area contributed by atoms with Crippen molar-refractivity contribution < 1.29 is 24.0 Å². The maximum absolute atomic E-state index is 13.1. The van der Waals surface area contributed by atoms with Crippen LogP contribution < -0.4 is 15.4 Å². The van der Waals surface area contributed by atoms with Crippen LogP contribution in [0.2, 0.25) is 0 Å². The van der Waals surface area contributed by atoms with Crippen LogP contribution >= 0.6 is 0 Å². The van der Waals surface area contributed by atoms with E-state index in [1.165, 1.54) is 10.6 Å². The first kappa shape index (κ1) is 22.1. The number of nitrogens with zero attached hydrogens (tertiary/aromatic N) is 3. The van der Waals surface area contributed by atoms with Crippen LogP contribution in [0.25, 0.3) is 11.7 Å². The van der Waals surface area contributed by atoms with Gasteiger partial charge in [0.05, 0.1) is 31.5 Å². The number of carbonyl (C=O) groups is 2. The number of hydrogen-bond donors (Lipinski definition) is 3. The highest BCUT2D eigenvalue weighted by Crippen LogP contribution is 2.22. The highest BCUT2D eigenvalue weighted by atomic mass is 16.5. The van der Waals surface area contributed by atoms with Gasteiger partial charge in [0.15, 0.2) is 0 Å². The third-order valence-electron chi connectivity index (χ3n) is 5.47. The van der Waals surface area contributed by atoms with Gasteiger partial charge in [-0.05, 0) is 24.3 Å². The zero-order valence-electron chi connectivity index (χ0n) is 18.7. The van der Waals surface area contributed by atoms with E-state index in [9.17, 15) is 19.5 Å². The number of ether oxygens (including phenoxy) is 1. The predicted molar refractivity (Wildman–Crippen MR) is 116 cm³/mol. The molecule has 3 heterocycles. The van der Waals surface area contributed by atoms with Gasteiger partial charge >= 0.3 is 17.1 Å². The SMILES string of the molecule is CC(C)(C)C[n+]1c(O)c(C(=O)NC2CC2)c(=O)n2[nH]cc(/C=C/C(=O)N3CCOCC3)c21. The Labute approximate surface area is 185 Å². The van der Waals surface area contributed by atoms with Gasteiger partial charge in [0.2, 0.25) is 11.5 Å². The van der Waals surface area contributed by atoms with Crippen molar-refractivity contribution in [2.24, 2.45) is 5.41 Å². The first-order valence-corrected chi connectivity index (χ1v) is 10.9. The monoisotopic (exact) mass is 444 g/mol. The molecule has 2 aromatic heterocycles. The Hall–Kier alpha value is -3.14. The van der Waals surface area contributed by atoms with Crippen LogP contribution in [0.15, 0.2) is 17.1 Å². The van der Waals surface area contributed by atoms with E-state index >= 15 is 0 Å². The molecule has 2 amide bonds. The minimum absolute atomic E-state index is 0.0476. The first-order valence-electron chi connectivity index (χ1n) is 10.9. The molecule has 3 N–H and O–H groups in total. The zero-order chi connectivity index (χ0) is 23.0. The molecule has 1 aliphatic heterocycles. The Morgan fingerprint density at radius 3 is 2.62 bits per heavy atom. The van der Waals surface area contributed by atoms with Crippen LogP contribution in [-0.4, -0.2) is 63.8 Å². The molecule has 0 aromatic carbocycles. The highest BCUT2D eigenvalue weighted by molar-refractivity contribution is 5.96. The number of aromatic amines is 1. The minimum atomic E-state index is -0.639. The second kappa shape index (κ2) is 8.42. The molecule has 10 nitrogen and oxygen atoms in total. The average Bonchev–Trinajstić information content (AvgIpc) is 3.44. The quantitative estimate of drug-likeness (QED) is 0.456. The molecule has 10 heteroatoms. The molecule has 0 unspecified atom stereocenters. The number of amides is 2. The first-order chi connectivity index (χ1) is 15.2. The number of aromatic hydroxyl groups is 1. The lowest BCUT2D eigenvalue weighted by Crippen LogP contribution is -2.47. The minimum Gasteiger partial charge on any atom is -0.477 e. The van der Waals surface area contributed by atoms with E-state index in [2.05, 4.69) is 10.4 Å². The molecule has 0 radical (unpaired) electrons. The van der Waals surface area contributed by atoms with E-state index in [1.54, 1.807) is 21.7 Å². The third-order valence-corrected chi connectivity index (χ3v) is 5.47. The molecular formula is C22H30N5O5+. The van der Waals surface area contributed by atoms with Crippen LogP contribution in [0.1, 0.15) is 49.5 Å². The van der Waals surface area contributed by atoms with Gasteiger partial charge in [-0.3, -0.25) is 9.59 Å². The van der Waals surface area contributed by atoms with Crippen molar-refractivity contribution in [1.29, 1.82) is 0 Å². The second-order valence-corrected chi connectivity index (χ2v) is 9.56. The van der Waals surface area contributed by atoms with Gasteiger partial charge in [-0.2, -0.15) is 4.57 Å². The van der Waals surface area contributed by atoms with E-state index < -0.39 is 11.5 Å². The van der Waals surface area contributed by atoms with Gasteiger partial charge in [-0.1, -0.05) is 25.3 Å². The lowest BCUT2D eigenvalue weighted by Gasteiger charge is -2.25. The van der Waals surface area contributed by atoms with E-state index in [-0.39, 0.29) is 28.8 Å². The van der Waals surface area contributed by atoms with E-state index in [0.717, 1.165) is 12.8 Å². The molecule has 0 atom stereocenters. The Morgan fingerprint density at radius 1 is 1.31 bits per heavy atom. The van der Waals surface area contributed by atoms with Crippen molar-refractivity contribution in [1.82, 2.24) is 19.8 Å². The lowest BCUT2D eigenvalue weighted by atomic mass is 9.96. The average molecular weight is 445 g/mol. The van der Waals surface area contributed by atoms with Crippen LogP contribution in [0.3, 0.4) is 0 Å². The summed E-state index contributed by atoms with van der Waals surface area (Å²) < 4.78 is 8.08. The summed E-state index contributed by atoms with van der Waals surface area (Å²) in [7, 11) is 0. The van der Waals surface area contributed by atoms with Crippen LogP contribution in [0.4, 0.5) is 0 Å². The molecule has 0 spiro atoms. The normalized spacial score (nSPS) is 17.3. The van der Waals surface area contributed by atoms with Gasteiger partial charge in [-0.15, -0.1) is 0 Å². The summed E-state index contributed by atoms with van der Waals surface area (Å²) in [5, 5.41) is 16.7. The van der Waals surface area contributed by atoms with Crippen molar-refractivity contribution in [3.8, 4) is 5.88 Å². The second-order valence-electron chi connectivity index (χ2n) is 9.56. The van der Waals surface area contributed by atoms with Gasteiger partial charge in [-0.25, -0.2) is 9.89 Å². The third kappa shape index (κ3) is 4.55. The molecule has 1 saturated heterocycles. The number of morpholine rings is 1. The molecule has 32 heavy (non-hydrogen) atoms. The van der Waals surface area contributed by atoms with Gasteiger partial charge in [0.1, 0.15) is 0 Å². The van der Waals surface area contributed by atoms with Gasteiger partial charge in [0.25, 0.3) is 5.91 Å². The lowest BCUT2D eigenvalue weighted by molar-refractivity contribution is -0.692. The zero-order valence-corrected chi connectivity index (χ0v) is 18.7. The predicted octanol–water partition coefficient (Wildman–Crippen LogP) is 0.431. The molecule has 2 aromatic rings. The maximum Gasteiger partial charge on any atom is 0.378 e. The number of H-pyrrole nitrogens is 1. The smallest absolute Gasteiger partial charge is 0.378 e. The van der Waals surface area contributed by atoms with Crippen molar-refractivity contribution >= 4 is 23.5 Å². The van der Waals surface area contributed by atoms with Crippen LogP contribution in [-0.2, 0) is 16.1 Å². The van der Waals surface area contributed by atoms with E-state index in [1.807, 2.05) is 20.8 Å². The maximum atomic E-state index is 13.1. The Bertz CT molecular complexity index is 1130. The highest BCUT2D eigenvalue weighted by Gasteiger charge is 2.35. The summed E-state index contributed by atoms with van der Waals surface area (Å²) in [5.74, 6) is -1.11. The van der Waals surface area contributed by atoms with Gasteiger partial charge < -0.3 is 20.1 Å². The topological polar surface area (TPSA) is 120 Å². The number of carbonyl (C=O) groups excluding carboxylic acids is 2. The molecule has 2 fully saturated rings. The molecule has 1 saturated carbocycles. The summed E-state index contributed by atoms with van der Waals surface area (Å²) in [6.45, 7) is 8.41. The van der Waals surface area contributed by atoms with Crippen LogP contribution in [0.5, 0.6) is 5.88 Å². The fraction of sp³-hybridized carbons (Fsp3) is 0.545. The standard InChI is InChI=1S/C22H29N5O5/c1-22(2,3)13-26-19-14(4-7-16(28)25-8-10-32-11-9-25)12-23-27(19)21(31)17(20(26)30)18(29)24-15-5-6-15/h4,7,12,15H,5-6,8-11,13H2,1-3H3,(H2,24,29,30,31)/p+1/b7-4+. The Kier molecular flexibility index (Phi) is 5.81. The fourth-order valence-corrected chi connectivity index (χ4v) is 3.74. The summed E-state index contributed by atoms with van der Waals surface area (Å²) in [5.41, 5.74) is -0.249. The molecule has 2 aliphatic rings. The van der Waals surface area contributed by atoms with Crippen molar-refractivity contribution in [2.45, 2.75) is 46.2 Å². The summed E-state index contributed by atoms with van der Waals surface area (Å²) in [6, 6.07) is 0.0476. The van der Waals surface area contributed by atoms with E-state index in [4.69, 9.17) is 4.74 Å². The van der Waals surface area contributed by atoms with Gasteiger partial charge in [0, 0.05) is 25.2 Å². The van der Waals surface area contributed by atoms with Crippen molar-refractivity contribution in [3.05, 3.63) is 33.8 Å². The largest absolute Gasteiger partial charge is 0.477 e. The molecule has 0 bridgehead atoms. The van der Waals surface area contributed by atoms with E-state index in [0.29, 0.717) is 44.1 Å². The number of fused-ring (bicyclic) bond motifs is 1. The number of nitrogens with one attached hydrogen (secondary N) is 2. The Balaban J connectivity index is 1.78. The van der Waals surface area contributed by atoms with Crippen molar-refractivity contribution in [3.63, 3.8) is 0 Å². The van der Waals surface area contributed by atoms with Crippen LogP contribution in [0, 0.1) is 5.41 Å². The Morgan fingerprint density at radius 2 is 2.00 bits per heavy atom. The molecule has 172 valence electrons. The summed E-state index contributed by atoms with van der Waals surface area (Å²) in [4.78, 5) is 40.0. The van der Waals surface area contributed by atoms with Crippen molar-refractivity contribution in [2.75, 3.05) is 26.3 Å². The molecule has 1 aliphatic carbocycles. The number of rotatable bonds is 5. The molecule has 4 rings (SSSR count). The molecular weight excluding hydrogens is 414 g/mol.